The second kappa shape index (κ2) is 4.23. The molecule has 0 atom stereocenters. The molecule has 0 spiro atoms. The fourth-order valence-electron chi connectivity index (χ4n) is 1.82. The zero-order valence-electron chi connectivity index (χ0n) is 8.47. The number of nitrogens with one attached hydrogen (secondary N) is 1. The van der Waals surface area contributed by atoms with E-state index in [1.807, 2.05) is 12.1 Å². The SMILES string of the molecule is COC(=O)c1c(Br)ccc2c1NCCC2. The fourth-order valence-corrected chi connectivity index (χ4v) is 2.32. The molecule has 1 heterocycles. The van der Waals surface area contributed by atoms with Crippen LogP contribution in [0.15, 0.2) is 16.6 Å². The number of fused-ring (bicyclic) bond motifs is 1. The lowest BCUT2D eigenvalue weighted by Gasteiger charge is -2.21. The minimum absolute atomic E-state index is 0.298. The van der Waals surface area contributed by atoms with E-state index >= 15 is 0 Å². The van der Waals surface area contributed by atoms with Gasteiger partial charge in [-0.3, -0.25) is 0 Å². The van der Waals surface area contributed by atoms with Crippen LogP contribution in [0.4, 0.5) is 5.69 Å². The number of hydrogen-bond acceptors (Lipinski definition) is 3. The van der Waals surface area contributed by atoms with Gasteiger partial charge in [0.25, 0.3) is 0 Å². The first-order valence-corrected chi connectivity index (χ1v) is 5.67. The number of anilines is 1. The molecule has 80 valence electrons. The lowest BCUT2D eigenvalue weighted by molar-refractivity contribution is 0.0600. The van der Waals surface area contributed by atoms with E-state index < -0.39 is 0 Å². The topological polar surface area (TPSA) is 38.3 Å². The first-order valence-electron chi connectivity index (χ1n) is 4.87. The zero-order chi connectivity index (χ0) is 10.8. The zero-order valence-corrected chi connectivity index (χ0v) is 10.1. The molecule has 0 aromatic heterocycles. The summed E-state index contributed by atoms with van der Waals surface area (Å²) >= 11 is 3.38. The van der Waals surface area contributed by atoms with Crippen molar-refractivity contribution in [3.05, 3.63) is 27.7 Å². The summed E-state index contributed by atoms with van der Waals surface area (Å²) in [6, 6.07) is 3.94. The molecule has 0 fully saturated rings. The third-order valence-electron chi connectivity index (χ3n) is 2.55. The highest BCUT2D eigenvalue weighted by atomic mass is 79.9. The van der Waals surface area contributed by atoms with Gasteiger partial charge in [0.2, 0.25) is 0 Å². The van der Waals surface area contributed by atoms with Gasteiger partial charge < -0.3 is 10.1 Å². The van der Waals surface area contributed by atoms with Crippen LogP contribution in [0.25, 0.3) is 0 Å². The first kappa shape index (κ1) is 10.5. The number of ether oxygens (including phenoxy) is 1. The Hall–Kier alpha value is -1.03. The van der Waals surface area contributed by atoms with Gasteiger partial charge in [0.15, 0.2) is 0 Å². The summed E-state index contributed by atoms with van der Waals surface area (Å²) in [4.78, 5) is 11.6. The maximum atomic E-state index is 11.6. The van der Waals surface area contributed by atoms with Crippen LogP contribution in [0, 0.1) is 0 Å². The average Bonchev–Trinajstić information content (AvgIpc) is 2.28. The largest absolute Gasteiger partial charge is 0.465 e. The van der Waals surface area contributed by atoms with Crippen LogP contribution in [0.3, 0.4) is 0 Å². The van der Waals surface area contributed by atoms with Crippen LogP contribution >= 0.6 is 15.9 Å². The van der Waals surface area contributed by atoms with Crippen molar-refractivity contribution < 1.29 is 9.53 Å². The molecule has 0 aliphatic carbocycles. The molecule has 0 saturated carbocycles. The molecule has 1 aliphatic heterocycles. The third kappa shape index (κ3) is 1.86. The Morgan fingerprint density at radius 3 is 3.07 bits per heavy atom. The van der Waals surface area contributed by atoms with Crippen LogP contribution in [-0.2, 0) is 11.2 Å². The highest BCUT2D eigenvalue weighted by molar-refractivity contribution is 9.10. The Labute approximate surface area is 96.9 Å². The Morgan fingerprint density at radius 2 is 2.33 bits per heavy atom. The van der Waals surface area contributed by atoms with Crippen LogP contribution in [0.2, 0.25) is 0 Å². The molecule has 2 rings (SSSR count). The second-order valence-corrected chi connectivity index (χ2v) is 4.33. The molecular formula is C11H12BrNO2. The van der Waals surface area contributed by atoms with Gasteiger partial charge in [-0.1, -0.05) is 6.07 Å². The number of carbonyl (C=O) groups excluding carboxylic acids is 1. The maximum Gasteiger partial charge on any atom is 0.341 e. The van der Waals surface area contributed by atoms with Crippen molar-refractivity contribution in [3.8, 4) is 0 Å². The van der Waals surface area contributed by atoms with Crippen molar-refractivity contribution in [1.82, 2.24) is 0 Å². The summed E-state index contributed by atoms with van der Waals surface area (Å²) in [6.45, 7) is 0.910. The quantitative estimate of drug-likeness (QED) is 0.797. The third-order valence-corrected chi connectivity index (χ3v) is 3.22. The van der Waals surface area contributed by atoms with Gasteiger partial charge in [-0.15, -0.1) is 0 Å². The number of esters is 1. The number of methoxy groups -OCH3 is 1. The summed E-state index contributed by atoms with van der Waals surface area (Å²) in [7, 11) is 1.40. The molecule has 1 aromatic rings. The van der Waals surface area contributed by atoms with Gasteiger partial charge in [0.05, 0.1) is 18.4 Å². The van der Waals surface area contributed by atoms with E-state index in [-0.39, 0.29) is 5.97 Å². The second-order valence-electron chi connectivity index (χ2n) is 3.48. The predicted octanol–water partition coefficient (Wildman–Crippen LogP) is 2.59. The van der Waals surface area contributed by atoms with Gasteiger partial charge in [-0.2, -0.15) is 0 Å². The average molecular weight is 270 g/mol. The van der Waals surface area contributed by atoms with Gasteiger partial charge >= 0.3 is 5.97 Å². The molecule has 1 aromatic carbocycles. The monoisotopic (exact) mass is 269 g/mol. The molecule has 0 bridgehead atoms. The summed E-state index contributed by atoms with van der Waals surface area (Å²) in [5.74, 6) is -0.298. The van der Waals surface area contributed by atoms with E-state index in [0.717, 1.165) is 29.5 Å². The molecule has 1 aliphatic rings. The number of benzene rings is 1. The molecular weight excluding hydrogens is 258 g/mol. The summed E-state index contributed by atoms with van der Waals surface area (Å²) in [5, 5.41) is 3.26. The van der Waals surface area contributed by atoms with E-state index in [2.05, 4.69) is 21.2 Å². The number of carbonyl (C=O) groups is 1. The molecule has 0 saturated heterocycles. The Balaban J connectivity index is 2.55. The van der Waals surface area contributed by atoms with Gasteiger partial charge in [-0.05, 0) is 40.4 Å². The lowest BCUT2D eigenvalue weighted by Crippen LogP contribution is -2.17. The molecule has 4 heteroatoms. The maximum absolute atomic E-state index is 11.6. The Kier molecular flexibility index (Phi) is 2.95. The van der Waals surface area contributed by atoms with E-state index in [0.29, 0.717) is 5.56 Å². The highest BCUT2D eigenvalue weighted by Crippen LogP contribution is 2.32. The van der Waals surface area contributed by atoms with E-state index in [1.165, 1.54) is 12.7 Å². The summed E-state index contributed by atoms with van der Waals surface area (Å²) in [6.07, 6.45) is 2.12. The van der Waals surface area contributed by atoms with Crippen LogP contribution in [0.1, 0.15) is 22.3 Å². The predicted molar refractivity (Wildman–Crippen MR) is 62.3 cm³/mol. The van der Waals surface area contributed by atoms with Crippen molar-refractivity contribution in [2.24, 2.45) is 0 Å². The van der Waals surface area contributed by atoms with Crippen molar-refractivity contribution >= 4 is 27.6 Å². The van der Waals surface area contributed by atoms with Crippen LogP contribution in [-0.4, -0.2) is 19.6 Å². The molecule has 3 nitrogen and oxygen atoms in total. The summed E-state index contributed by atoms with van der Waals surface area (Å²) in [5.41, 5.74) is 2.71. The minimum atomic E-state index is -0.298. The van der Waals surface area contributed by atoms with E-state index in [1.54, 1.807) is 0 Å². The van der Waals surface area contributed by atoms with Gasteiger partial charge in [0, 0.05) is 11.0 Å². The minimum Gasteiger partial charge on any atom is -0.465 e. The fraction of sp³-hybridized carbons (Fsp3) is 0.364. The van der Waals surface area contributed by atoms with Crippen molar-refractivity contribution in [1.29, 1.82) is 0 Å². The van der Waals surface area contributed by atoms with Gasteiger partial charge in [0.1, 0.15) is 0 Å². The molecule has 15 heavy (non-hydrogen) atoms. The molecule has 0 unspecified atom stereocenters. The lowest BCUT2D eigenvalue weighted by atomic mass is 9.99. The van der Waals surface area contributed by atoms with E-state index in [4.69, 9.17) is 4.74 Å². The number of aryl methyl sites for hydroxylation is 1. The van der Waals surface area contributed by atoms with Gasteiger partial charge in [-0.25, -0.2) is 4.79 Å². The number of halogens is 1. The summed E-state index contributed by atoms with van der Waals surface area (Å²) < 4.78 is 5.55. The van der Waals surface area contributed by atoms with Crippen LogP contribution < -0.4 is 5.32 Å². The highest BCUT2D eigenvalue weighted by Gasteiger charge is 2.20. The Bertz CT molecular complexity index is 404. The smallest absolute Gasteiger partial charge is 0.341 e. The normalized spacial score (nSPS) is 14.0. The number of rotatable bonds is 1. The standard InChI is InChI=1S/C11H12BrNO2/c1-15-11(14)9-8(12)5-4-7-3-2-6-13-10(7)9/h4-5,13H,2-3,6H2,1H3. The Morgan fingerprint density at radius 1 is 1.53 bits per heavy atom. The van der Waals surface area contributed by atoms with Crippen molar-refractivity contribution in [2.45, 2.75) is 12.8 Å². The molecule has 0 amide bonds. The molecule has 0 radical (unpaired) electrons. The van der Waals surface area contributed by atoms with Crippen molar-refractivity contribution in [3.63, 3.8) is 0 Å². The van der Waals surface area contributed by atoms with E-state index in [9.17, 15) is 4.79 Å². The first-order chi connectivity index (χ1) is 7.24. The van der Waals surface area contributed by atoms with Crippen molar-refractivity contribution in [2.75, 3.05) is 19.0 Å². The van der Waals surface area contributed by atoms with Crippen LogP contribution in [0.5, 0.6) is 0 Å². The molecule has 1 N–H and O–H groups in total. The number of hydrogen-bond donors (Lipinski definition) is 1.